The van der Waals surface area contributed by atoms with Crippen LogP contribution in [0.4, 0.5) is 36.4 Å². The number of pyridine rings is 1. The largest absolute Gasteiger partial charge is 0.421 e. The zero-order chi connectivity index (χ0) is 25.1. The van der Waals surface area contributed by atoms with E-state index in [1.165, 1.54) is 49.6 Å². The van der Waals surface area contributed by atoms with Crippen molar-refractivity contribution in [1.29, 1.82) is 0 Å². The van der Waals surface area contributed by atoms with Crippen LogP contribution in [0.5, 0.6) is 0 Å². The van der Waals surface area contributed by atoms with Gasteiger partial charge in [0, 0.05) is 42.8 Å². The van der Waals surface area contributed by atoms with E-state index in [4.69, 9.17) is 5.73 Å². The molecule has 0 radical (unpaired) electrons. The van der Waals surface area contributed by atoms with E-state index in [2.05, 4.69) is 25.6 Å². The molecule has 10 nitrogen and oxygen atoms in total. The number of hydrogen-bond donors (Lipinski definition) is 3. The molecule has 0 unspecified atom stereocenters. The first-order valence-corrected chi connectivity index (χ1v) is 11.4. The average molecular weight is 495 g/mol. The molecule has 180 valence electrons. The molecule has 1 aromatic carbocycles. The molecule has 0 aliphatic heterocycles. The second-order valence-electron chi connectivity index (χ2n) is 7.09. The number of rotatable bonds is 8. The smallest absolute Gasteiger partial charge is 0.366 e. The average Bonchev–Trinajstić information content (AvgIpc) is 2.76. The van der Waals surface area contributed by atoms with Crippen LogP contribution in [0.15, 0.2) is 48.8 Å². The maximum absolute atomic E-state index is 13.5. The number of nitrogens with zero attached hydrogens (tertiary/aromatic N) is 4. The standard InChI is InChI=1S/C20H20F3N7O3S/c1-30(34(2,32)33)18-13(4-3-9-25-18)10-26-17-15(20(21,22)23)11-27-19(29-17)28-14-7-5-12(6-8-14)16(24)31/h3-9,11H,10H2,1-2H3,(H2,24,31)(H2,26,27,28,29). The number of nitrogens with one attached hydrogen (secondary N) is 2. The fraction of sp³-hybridized carbons (Fsp3) is 0.200. The van der Waals surface area contributed by atoms with E-state index in [0.717, 1.165) is 10.6 Å². The van der Waals surface area contributed by atoms with Gasteiger partial charge in [0.25, 0.3) is 0 Å². The number of benzene rings is 1. The maximum atomic E-state index is 13.5. The molecule has 0 atom stereocenters. The second-order valence-corrected chi connectivity index (χ2v) is 9.10. The Morgan fingerprint density at radius 2 is 1.82 bits per heavy atom. The first-order valence-electron chi connectivity index (χ1n) is 9.59. The Balaban J connectivity index is 1.89. The predicted octanol–water partition coefficient (Wildman–Crippen LogP) is 2.74. The summed E-state index contributed by atoms with van der Waals surface area (Å²) >= 11 is 0. The lowest BCUT2D eigenvalue weighted by Crippen LogP contribution is -2.27. The van der Waals surface area contributed by atoms with Crippen LogP contribution in [-0.4, -0.2) is 42.6 Å². The summed E-state index contributed by atoms with van der Waals surface area (Å²) in [5, 5.41) is 5.35. The van der Waals surface area contributed by atoms with Gasteiger partial charge in [-0.15, -0.1) is 0 Å². The second kappa shape index (κ2) is 9.51. The summed E-state index contributed by atoms with van der Waals surface area (Å²) in [7, 11) is -2.35. The van der Waals surface area contributed by atoms with Gasteiger partial charge in [0.15, 0.2) is 0 Å². The summed E-state index contributed by atoms with van der Waals surface area (Å²) in [6, 6.07) is 8.94. The molecule has 0 bridgehead atoms. The molecule has 0 aliphatic carbocycles. The lowest BCUT2D eigenvalue weighted by atomic mass is 10.2. The van der Waals surface area contributed by atoms with E-state index in [9.17, 15) is 26.4 Å². The Morgan fingerprint density at radius 3 is 2.41 bits per heavy atom. The third-order valence-electron chi connectivity index (χ3n) is 4.63. The highest BCUT2D eigenvalue weighted by molar-refractivity contribution is 7.92. The van der Waals surface area contributed by atoms with Crippen LogP contribution in [-0.2, 0) is 22.7 Å². The Bertz CT molecular complexity index is 1300. The van der Waals surface area contributed by atoms with Crippen molar-refractivity contribution in [3.8, 4) is 0 Å². The molecule has 14 heteroatoms. The highest BCUT2D eigenvalue weighted by atomic mass is 32.2. The topological polar surface area (TPSA) is 143 Å². The van der Waals surface area contributed by atoms with Crippen molar-refractivity contribution in [2.75, 3.05) is 28.2 Å². The molecule has 0 fully saturated rings. The summed E-state index contributed by atoms with van der Waals surface area (Å²) in [5.74, 6) is -1.22. The number of primary amides is 1. The van der Waals surface area contributed by atoms with Crippen molar-refractivity contribution in [3.63, 3.8) is 0 Å². The fourth-order valence-corrected chi connectivity index (χ4v) is 3.30. The van der Waals surface area contributed by atoms with Gasteiger partial charge in [-0.1, -0.05) is 6.07 Å². The Kier molecular flexibility index (Phi) is 6.91. The fourth-order valence-electron chi connectivity index (χ4n) is 2.82. The van der Waals surface area contributed by atoms with Crippen LogP contribution >= 0.6 is 0 Å². The zero-order valence-corrected chi connectivity index (χ0v) is 18.8. The summed E-state index contributed by atoms with van der Waals surface area (Å²) in [6.45, 7) is -0.199. The molecule has 0 saturated heterocycles. The summed E-state index contributed by atoms with van der Waals surface area (Å²) in [6.07, 6.45) is -1.76. The first kappa shape index (κ1) is 24.7. The lowest BCUT2D eigenvalue weighted by Gasteiger charge is -2.20. The third kappa shape index (κ3) is 5.89. The van der Waals surface area contributed by atoms with Crippen molar-refractivity contribution in [1.82, 2.24) is 15.0 Å². The third-order valence-corrected chi connectivity index (χ3v) is 5.80. The van der Waals surface area contributed by atoms with Crippen molar-refractivity contribution >= 4 is 39.2 Å². The van der Waals surface area contributed by atoms with Crippen molar-refractivity contribution in [2.24, 2.45) is 5.73 Å². The van der Waals surface area contributed by atoms with Gasteiger partial charge in [0.1, 0.15) is 17.2 Å². The number of nitrogens with two attached hydrogens (primary N) is 1. The molecule has 34 heavy (non-hydrogen) atoms. The van der Waals surface area contributed by atoms with Crippen molar-refractivity contribution < 1.29 is 26.4 Å². The van der Waals surface area contributed by atoms with Gasteiger partial charge in [0.05, 0.1) is 6.26 Å². The van der Waals surface area contributed by atoms with Crippen LogP contribution in [0.1, 0.15) is 21.5 Å². The van der Waals surface area contributed by atoms with Gasteiger partial charge in [-0.2, -0.15) is 18.2 Å². The quantitative estimate of drug-likeness (QED) is 0.433. The number of aromatic nitrogens is 3. The normalized spacial score (nSPS) is 11.7. The number of halogens is 3. The molecule has 0 spiro atoms. The minimum atomic E-state index is -4.74. The highest BCUT2D eigenvalue weighted by Crippen LogP contribution is 2.34. The van der Waals surface area contributed by atoms with Crippen molar-refractivity contribution in [2.45, 2.75) is 12.7 Å². The lowest BCUT2D eigenvalue weighted by molar-refractivity contribution is -0.137. The SMILES string of the molecule is CN(c1ncccc1CNc1nc(Nc2ccc(C(N)=O)cc2)ncc1C(F)(F)F)S(C)(=O)=O. The molecule has 0 saturated carbocycles. The van der Waals surface area contributed by atoms with Gasteiger partial charge in [0.2, 0.25) is 21.9 Å². The summed E-state index contributed by atoms with van der Waals surface area (Å²) < 4.78 is 65.3. The van der Waals surface area contributed by atoms with Gasteiger partial charge in [-0.3, -0.25) is 9.10 Å². The molecule has 1 amide bonds. The van der Waals surface area contributed by atoms with E-state index in [1.54, 1.807) is 0 Å². The van der Waals surface area contributed by atoms with Crippen LogP contribution in [0.25, 0.3) is 0 Å². The van der Waals surface area contributed by atoms with Crippen LogP contribution in [0, 0.1) is 0 Å². The summed E-state index contributed by atoms with van der Waals surface area (Å²) in [4.78, 5) is 22.9. The Hall–Kier alpha value is -3.94. The number of carbonyl (C=O) groups is 1. The number of carbonyl (C=O) groups excluding carboxylic acids is 1. The number of hydrogen-bond acceptors (Lipinski definition) is 8. The van der Waals surface area contributed by atoms with Crippen molar-refractivity contribution in [3.05, 3.63) is 65.5 Å². The molecule has 2 heterocycles. The van der Waals surface area contributed by atoms with Crippen LogP contribution in [0.3, 0.4) is 0 Å². The number of sulfonamides is 1. The van der Waals surface area contributed by atoms with Crippen LogP contribution < -0.4 is 20.7 Å². The number of amides is 1. The number of anilines is 4. The minimum Gasteiger partial charge on any atom is -0.366 e. The van der Waals surface area contributed by atoms with E-state index in [1.807, 2.05) is 0 Å². The Morgan fingerprint density at radius 1 is 1.15 bits per heavy atom. The molecule has 3 rings (SSSR count). The molecule has 0 aliphatic rings. The Labute approximate surface area is 193 Å². The minimum absolute atomic E-state index is 0.0630. The summed E-state index contributed by atoms with van der Waals surface area (Å²) in [5.41, 5.74) is 5.09. The molecule has 2 aromatic heterocycles. The van der Waals surface area contributed by atoms with E-state index in [0.29, 0.717) is 17.4 Å². The van der Waals surface area contributed by atoms with Crippen LogP contribution in [0.2, 0.25) is 0 Å². The molecular formula is C20H20F3N7O3S. The zero-order valence-electron chi connectivity index (χ0n) is 18.0. The monoisotopic (exact) mass is 495 g/mol. The first-order chi connectivity index (χ1) is 15.9. The van der Waals surface area contributed by atoms with E-state index < -0.39 is 33.5 Å². The molecular weight excluding hydrogens is 475 g/mol. The van der Waals surface area contributed by atoms with Gasteiger partial charge < -0.3 is 16.4 Å². The molecule has 3 aromatic rings. The van der Waals surface area contributed by atoms with Gasteiger partial charge in [-0.05, 0) is 30.3 Å². The predicted molar refractivity (Wildman–Crippen MR) is 120 cm³/mol. The highest BCUT2D eigenvalue weighted by Gasteiger charge is 2.35. The van der Waals surface area contributed by atoms with E-state index in [-0.39, 0.29) is 23.9 Å². The van der Waals surface area contributed by atoms with Gasteiger partial charge in [-0.25, -0.2) is 18.4 Å². The van der Waals surface area contributed by atoms with E-state index >= 15 is 0 Å². The maximum Gasteiger partial charge on any atom is 0.421 e. The van der Waals surface area contributed by atoms with Gasteiger partial charge >= 0.3 is 6.18 Å². The number of alkyl halides is 3. The molecule has 4 N–H and O–H groups in total.